The molecule has 3 aromatic rings. The van der Waals surface area contributed by atoms with E-state index in [9.17, 15) is 19.8 Å². The molecule has 3 aromatic carbocycles. The van der Waals surface area contributed by atoms with Crippen molar-refractivity contribution in [2.24, 2.45) is 0 Å². The number of aliphatic hydroxyl groups excluding tert-OH is 2. The highest BCUT2D eigenvalue weighted by Gasteiger charge is 2.28. The normalized spacial score (nSPS) is 13.2. The number of urea groups is 2. The lowest BCUT2D eigenvalue weighted by atomic mass is 9.87. The van der Waals surface area contributed by atoms with Crippen LogP contribution in [0.2, 0.25) is 0 Å². The molecule has 38 heavy (non-hydrogen) atoms. The molecule has 0 aromatic heterocycles. The van der Waals surface area contributed by atoms with Gasteiger partial charge in [-0.05, 0) is 49.9 Å². The number of carbonyl (C=O) groups is 2. The lowest BCUT2D eigenvalue weighted by molar-refractivity contribution is 0.171. The van der Waals surface area contributed by atoms with Crippen molar-refractivity contribution in [2.75, 3.05) is 13.1 Å². The van der Waals surface area contributed by atoms with Crippen LogP contribution < -0.4 is 21.3 Å². The molecular formula is C30H38N4O4. The summed E-state index contributed by atoms with van der Waals surface area (Å²) in [5.74, 6) is 0. The molecule has 0 unspecified atom stereocenters. The van der Waals surface area contributed by atoms with Crippen molar-refractivity contribution >= 4 is 12.1 Å². The molecule has 0 saturated carbocycles. The predicted octanol–water partition coefficient (Wildman–Crippen LogP) is 4.22. The number of carbonyl (C=O) groups excluding carboxylic acids is 2. The van der Waals surface area contributed by atoms with Gasteiger partial charge in [0.05, 0.1) is 23.3 Å². The van der Waals surface area contributed by atoms with Gasteiger partial charge in [-0.3, -0.25) is 0 Å². The molecule has 8 heteroatoms. The van der Waals surface area contributed by atoms with Crippen molar-refractivity contribution in [1.82, 2.24) is 21.3 Å². The highest BCUT2D eigenvalue weighted by molar-refractivity contribution is 5.75. The molecule has 2 atom stereocenters. The van der Waals surface area contributed by atoms with Crippen molar-refractivity contribution in [3.63, 3.8) is 0 Å². The number of amides is 4. The van der Waals surface area contributed by atoms with Gasteiger partial charge in [-0.1, -0.05) is 84.9 Å². The standard InChI is InChI=1S/C30H38N4O4/c1-29(2,33-27(37)31-19-25(35)21-12-7-5-8-13-21)23-16-11-17-24(18-23)30(3,4)34-28(38)32-20-26(36)22-14-9-6-10-15-22/h5-18,25-26,35-36H,19-20H2,1-4H3,(H2,31,33,37)(H2,32,34,38)/t25-,26-/m1/s1. The van der Waals surface area contributed by atoms with Crippen LogP contribution in [0, 0.1) is 0 Å². The Kier molecular flexibility index (Phi) is 9.50. The van der Waals surface area contributed by atoms with Gasteiger partial charge in [0.1, 0.15) is 0 Å². The Balaban J connectivity index is 1.57. The molecule has 0 fully saturated rings. The van der Waals surface area contributed by atoms with Gasteiger partial charge in [0.25, 0.3) is 0 Å². The maximum atomic E-state index is 12.6. The molecule has 0 saturated heterocycles. The average Bonchev–Trinajstić information content (AvgIpc) is 2.91. The third kappa shape index (κ3) is 8.06. The van der Waals surface area contributed by atoms with Gasteiger partial charge >= 0.3 is 12.1 Å². The summed E-state index contributed by atoms with van der Waals surface area (Å²) in [7, 11) is 0. The number of hydrogen-bond donors (Lipinski definition) is 6. The monoisotopic (exact) mass is 518 g/mol. The average molecular weight is 519 g/mol. The highest BCUT2D eigenvalue weighted by atomic mass is 16.3. The molecule has 202 valence electrons. The molecule has 0 radical (unpaired) electrons. The summed E-state index contributed by atoms with van der Waals surface area (Å²) in [6.07, 6.45) is -1.61. The summed E-state index contributed by atoms with van der Waals surface area (Å²) in [6, 6.07) is 25.2. The molecule has 0 aliphatic rings. The van der Waals surface area contributed by atoms with Gasteiger partial charge in [0.2, 0.25) is 0 Å². The molecule has 0 spiro atoms. The zero-order chi connectivity index (χ0) is 27.8. The van der Waals surface area contributed by atoms with Crippen LogP contribution in [0.1, 0.15) is 62.2 Å². The molecule has 0 heterocycles. The second-order valence-electron chi connectivity index (χ2n) is 10.4. The van der Waals surface area contributed by atoms with E-state index in [1.165, 1.54) is 0 Å². The first-order chi connectivity index (χ1) is 18.0. The van der Waals surface area contributed by atoms with Crippen molar-refractivity contribution in [2.45, 2.75) is 51.0 Å². The van der Waals surface area contributed by atoms with E-state index in [2.05, 4.69) is 21.3 Å². The summed E-state index contributed by atoms with van der Waals surface area (Å²) in [5.41, 5.74) is 1.71. The van der Waals surface area contributed by atoms with E-state index in [0.717, 1.165) is 22.3 Å². The first-order valence-corrected chi connectivity index (χ1v) is 12.7. The third-order valence-corrected chi connectivity index (χ3v) is 6.44. The largest absolute Gasteiger partial charge is 0.387 e. The molecule has 4 amide bonds. The van der Waals surface area contributed by atoms with Crippen LogP contribution in [0.15, 0.2) is 84.9 Å². The molecule has 3 rings (SSSR count). The van der Waals surface area contributed by atoms with Gasteiger partial charge in [-0.15, -0.1) is 0 Å². The highest BCUT2D eigenvalue weighted by Crippen LogP contribution is 2.26. The Labute approximate surface area is 224 Å². The van der Waals surface area contributed by atoms with Crippen LogP contribution in [-0.4, -0.2) is 35.4 Å². The lowest BCUT2D eigenvalue weighted by Crippen LogP contribution is -2.48. The van der Waals surface area contributed by atoms with E-state index in [-0.39, 0.29) is 13.1 Å². The van der Waals surface area contributed by atoms with Gasteiger partial charge in [-0.25, -0.2) is 9.59 Å². The summed E-state index contributed by atoms with van der Waals surface area (Å²) >= 11 is 0. The van der Waals surface area contributed by atoms with Crippen molar-refractivity contribution in [1.29, 1.82) is 0 Å². The summed E-state index contributed by atoms with van der Waals surface area (Å²) in [5, 5.41) is 32.0. The minimum atomic E-state index is -0.805. The van der Waals surface area contributed by atoms with E-state index < -0.39 is 35.3 Å². The second kappa shape index (κ2) is 12.6. The minimum absolute atomic E-state index is 0.0804. The van der Waals surface area contributed by atoms with Crippen molar-refractivity contribution < 1.29 is 19.8 Å². The minimum Gasteiger partial charge on any atom is -0.387 e. The van der Waals surface area contributed by atoms with Crippen LogP contribution in [0.5, 0.6) is 0 Å². The third-order valence-electron chi connectivity index (χ3n) is 6.44. The van der Waals surface area contributed by atoms with Crippen LogP contribution in [0.4, 0.5) is 9.59 Å². The lowest BCUT2D eigenvalue weighted by Gasteiger charge is -2.31. The van der Waals surface area contributed by atoms with E-state index in [1.807, 2.05) is 88.4 Å². The Morgan fingerprint density at radius 2 is 1.00 bits per heavy atom. The van der Waals surface area contributed by atoms with E-state index in [4.69, 9.17) is 0 Å². The van der Waals surface area contributed by atoms with E-state index in [1.54, 1.807) is 24.3 Å². The Morgan fingerprint density at radius 3 is 1.37 bits per heavy atom. The van der Waals surface area contributed by atoms with Gasteiger partial charge in [-0.2, -0.15) is 0 Å². The zero-order valence-electron chi connectivity index (χ0n) is 22.4. The number of nitrogens with one attached hydrogen (secondary N) is 4. The van der Waals surface area contributed by atoms with Crippen molar-refractivity contribution in [3.05, 3.63) is 107 Å². The molecule has 0 bridgehead atoms. The summed E-state index contributed by atoms with van der Waals surface area (Å²) < 4.78 is 0. The smallest absolute Gasteiger partial charge is 0.315 e. The van der Waals surface area contributed by atoms with Crippen LogP contribution >= 0.6 is 0 Å². The maximum absolute atomic E-state index is 12.6. The Hall–Kier alpha value is -3.88. The first kappa shape index (κ1) is 28.7. The summed E-state index contributed by atoms with van der Waals surface area (Å²) in [4.78, 5) is 25.2. The topological polar surface area (TPSA) is 123 Å². The predicted molar refractivity (Wildman–Crippen MR) is 148 cm³/mol. The number of rotatable bonds is 10. The fourth-order valence-electron chi connectivity index (χ4n) is 4.06. The molecule has 8 nitrogen and oxygen atoms in total. The number of hydrogen-bond acceptors (Lipinski definition) is 4. The van der Waals surface area contributed by atoms with Gasteiger partial charge < -0.3 is 31.5 Å². The molecule has 0 aliphatic heterocycles. The SMILES string of the molecule is CC(C)(NC(=O)NC[C@@H](O)c1ccccc1)c1cccc(C(C)(C)NC(=O)NC[C@@H](O)c2ccccc2)c1. The van der Waals surface area contributed by atoms with Crippen LogP contribution in [0.25, 0.3) is 0 Å². The Morgan fingerprint density at radius 1 is 0.632 bits per heavy atom. The number of aliphatic hydroxyl groups is 2. The fraction of sp³-hybridized carbons (Fsp3) is 0.333. The second-order valence-corrected chi connectivity index (χ2v) is 10.4. The van der Waals surface area contributed by atoms with Gasteiger partial charge in [0.15, 0.2) is 0 Å². The van der Waals surface area contributed by atoms with Crippen molar-refractivity contribution in [3.8, 4) is 0 Å². The molecule has 0 aliphatic carbocycles. The van der Waals surface area contributed by atoms with Crippen LogP contribution in [-0.2, 0) is 11.1 Å². The molecule has 6 N–H and O–H groups in total. The fourth-order valence-corrected chi connectivity index (χ4v) is 4.06. The van der Waals surface area contributed by atoms with E-state index >= 15 is 0 Å². The quantitative estimate of drug-likeness (QED) is 0.241. The van der Waals surface area contributed by atoms with Crippen LogP contribution in [0.3, 0.4) is 0 Å². The summed E-state index contributed by atoms with van der Waals surface area (Å²) in [6.45, 7) is 7.71. The van der Waals surface area contributed by atoms with Gasteiger partial charge in [0, 0.05) is 13.1 Å². The maximum Gasteiger partial charge on any atom is 0.315 e. The molecular weight excluding hydrogens is 480 g/mol. The van der Waals surface area contributed by atoms with E-state index in [0.29, 0.717) is 0 Å². The zero-order valence-corrected chi connectivity index (χ0v) is 22.4. The number of benzene rings is 3. The first-order valence-electron chi connectivity index (χ1n) is 12.7. The Bertz CT molecular complexity index is 1110.